The molecule has 102 valence electrons. The van der Waals surface area contributed by atoms with Gasteiger partial charge in [0.2, 0.25) is 0 Å². The number of hydrogen-bond donors (Lipinski definition) is 0. The minimum atomic E-state index is 0.453. The van der Waals surface area contributed by atoms with Crippen molar-refractivity contribution >= 4 is 0 Å². The van der Waals surface area contributed by atoms with E-state index in [0.29, 0.717) is 24.0 Å². The van der Waals surface area contributed by atoms with Gasteiger partial charge in [0.15, 0.2) is 0 Å². The Bertz CT molecular complexity index is 493. The Kier molecular flexibility index (Phi) is 4.39. The normalized spacial score (nSPS) is 20.0. The molecular weight excluding hydrogens is 238 g/mol. The lowest BCUT2D eigenvalue weighted by atomic mass is 10.0. The van der Waals surface area contributed by atoms with Crippen LogP contribution in [0.4, 0.5) is 0 Å². The lowest BCUT2D eigenvalue weighted by Crippen LogP contribution is -2.40. The number of nitrogens with zero attached hydrogens (tertiary/aromatic N) is 3. The molecule has 4 nitrogen and oxygen atoms in total. The van der Waals surface area contributed by atoms with Crippen LogP contribution < -0.4 is 4.74 Å². The molecule has 0 spiro atoms. The van der Waals surface area contributed by atoms with E-state index in [1.807, 2.05) is 19.9 Å². The Hall–Kier alpha value is -1.60. The van der Waals surface area contributed by atoms with Crippen molar-refractivity contribution in [1.82, 2.24) is 9.88 Å². The van der Waals surface area contributed by atoms with Crippen LogP contribution in [0.1, 0.15) is 36.2 Å². The van der Waals surface area contributed by atoms with E-state index in [0.717, 1.165) is 17.9 Å². The first-order chi connectivity index (χ1) is 9.11. The summed E-state index contributed by atoms with van der Waals surface area (Å²) in [6, 6.07) is 4.50. The number of rotatable bonds is 3. The Morgan fingerprint density at radius 2 is 2.26 bits per heavy atom. The molecule has 1 atom stereocenters. The zero-order valence-corrected chi connectivity index (χ0v) is 11.9. The number of nitriles is 1. The zero-order chi connectivity index (χ0) is 13.8. The van der Waals surface area contributed by atoms with Gasteiger partial charge in [-0.15, -0.1) is 0 Å². The predicted octanol–water partition coefficient (Wildman–Crippen LogP) is 2.43. The number of ether oxygens (including phenoxy) is 1. The smallest absolute Gasteiger partial charge is 0.140 e. The molecule has 0 aromatic carbocycles. The van der Waals surface area contributed by atoms with Crippen molar-refractivity contribution in [3.63, 3.8) is 0 Å². The molecule has 1 aliphatic heterocycles. The molecule has 4 heteroatoms. The van der Waals surface area contributed by atoms with Gasteiger partial charge in [0.1, 0.15) is 24.0 Å². The maximum absolute atomic E-state index is 9.20. The fraction of sp³-hybridized carbons (Fsp3) is 0.600. The molecule has 1 unspecified atom stereocenters. The third-order valence-electron chi connectivity index (χ3n) is 3.76. The lowest BCUT2D eigenvalue weighted by molar-refractivity contribution is 0.125. The largest absolute Gasteiger partial charge is 0.490 e. The van der Waals surface area contributed by atoms with Crippen LogP contribution in [0.5, 0.6) is 5.75 Å². The summed E-state index contributed by atoms with van der Waals surface area (Å²) in [6.07, 6.45) is 3.70. The van der Waals surface area contributed by atoms with Gasteiger partial charge >= 0.3 is 0 Å². The van der Waals surface area contributed by atoms with E-state index in [4.69, 9.17) is 4.74 Å². The SMILES string of the molecule is Cc1cc(OCC2CCCCN2C)c(C#N)c(C)n1. The zero-order valence-electron chi connectivity index (χ0n) is 11.9. The van der Waals surface area contributed by atoms with Gasteiger partial charge in [0, 0.05) is 17.8 Å². The van der Waals surface area contributed by atoms with E-state index < -0.39 is 0 Å². The topological polar surface area (TPSA) is 49.1 Å². The number of likely N-dealkylation sites (tertiary alicyclic amines) is 1. The highest BCUT2D eigenvalue weighted by Crippen LogP contribution is 2.23. The minimum absolute atomic E-state index is 0.453. The van der Waals surface area contributed by atoms with Gasteiger partial charge in [-0.05, 0) is 40.3 Å². The van der Waals surface area contributed by atoms with Crippen molar-refractivity contribution in [2.45, 2.75) is 39.2 Å². The molecule has 0 saturated carbocycles. The van der Waals surface area contributed by atoms with Gasteiger partial charge < -0.3 is 9.64 Å². The number of aryl methyl sites for hydroxylation is 2. The quantitative estimate of drug-likeness (QED) is 0.836. The maximum atomic E-state index is 9.20. The van der Waals surface area contributed by atoms with Crippen LogP contribution in [0.25, 0.3) is 0 Å². The second-order valence-electron chi connectivity index (χ2n) is 5.28. The average Bonchev–Trinajstić information content (AvgIpc) is 2.37. The molecule has 0 aliphatic carbocycles. The first-order valence-corrected chi connectivity index (χ1v) is 6.83. The molecule has 0 amide bonds. The van der Waals surface area contributed by atoms with E-state index in [1.165, 1.54) is 19.3 Å². The number of aromatic nitrogens is 1. The van der Waals surface area contributed by atoms with Gasteiger partial charge in [-0.25, -0.2) is 0 Å². The Labute approximate surface area is 115 Å². The summed E-state index contributed by atoms with van der Waals surface area (Å²) < 4.78 is 5.90. The van der Waals surface area contributed by atoms with Crippen LogP contribution >= 0.6 is 0 Å². The number of likely N-dealkylation sites (N-methyl/N-ethyl adjacent to an activating group) is 1. The molecule has 19 heavy (non-hydrogen) atoms. The summed E-state index contributed by atoms with van der Waals surface area (Å²) in [7, 11) is 2.14. The van der Waals surface area contributed by atoms with Gasteiger partial charge in [-0.2, -0.15) is 5.26 Å². The molecule has 1 aliphatic rings. The summed E-state index contributed by atoms with van der Waals surface area (Å²) in [6.45, 7) is 5.56. The lowest BCUT2D eigenvalue weighted by Gasteiger charge is -2.32. The van der Waals surface area contributed by atoms with Crippen LogP contribution in [0.15, 0.2) is 6.07 Å². The first kappa shape index (κ1) is 13.8. The highest BCUT2D eigenvalue weighted by Gasteiger charge is 2.20. The molecular formula is C15H21N3O. The molecule has 1 aromatic rings. The fourth-order valence-corrected chi connectivity index (χ4v) is 2.58. The Balaban J connectivity index is 2.09. The molecule has 1 fully saturated rings. The second kappa shape index (κ2) is 6.03. The second-order valence-corrected chi connectivity index (χ2v) is 5.28. The van der Waals surface area contributed by atoms with Crippen LogP contribution in [-0.4, -0.2) is 36.1 Å². The van der Waals surface area contributed by atoms with Gasteiger partial charge in [0.05, 0.1) is 5.69 Å². The molecule has 1 aromatic heterocycles. The predicted molar refractivity (Wildman–Crippen MR) is 74.2 cm³/mol. The van der Waals surface area contributed by atoms with E-state index in [-0.39, 0.29) is 0 Å². The molecule has 1 saturated heterocycles. The summed E-state index contributed by atoms with van der Waals surface area (Å²) in [5, 5.41) is 9.20. The minimum Gasteiger partial charge on any atom is -0.490 e. The number of hydrogen-bond acceptors (Lipinski definition) is 4. The molecule has 0 N–H and O–H groups in total. The van der Waals surface area contributed by atoms with Crippen molar-refractivity contribution in [3.05, 3.63) is 23.0 Å². The third-order valence-corrected chi connectivity index (χ3v) is 3.76. The third kappa shape index (κ3) is 3.24. The summed E-state index contributed by atoms with van der Waals surface area (Å²) >= 11 is 0. The Morgan fingerprint density at radius 3 is 2.95 bits per heavy atom. The number of pyridine rings is 1. The van der Waals surface area contributed by atoms with Crippen LogP contribution in [0.2, 0.25) is 0 Å². The van der Waals surface area contributed by atoms with Crippen molar-refractivity contribution in [3.8, 4) is 11.8 Å². The monoisotopic (exact) mass is 259 g/mol. The summed E-state index contributed by atoms with van der Waals surface area (Å²) in [4.78, 5) is 6.65. The van der Waals surface area contributed by atoms with Crippen molar-refractivity contribution in [1.29, 1.82) is 5.26 Å². The van der Waals surface area contributed by atoms with Crippen molar-refractivity contribution < 1.29 is 4.74 Å². The van der Waals surface area contributed by atoms with E-state index in [2.05, 4.69) is 23.0 Å². The fourth-order valence-electron chi connectivity index (χ4n) is 2.58. The van der Waals surface area contributed by atoms with E-state index in [9.17, 15) is 5.26 Å². The molecule has 2 heterocycles. The summed E-state index contributed by atoms with van der Waals surface area (Å²) in [5.74, 6) is 0.673. The first-order valence-electron chi connectivity index (χ1n) is 6.83. The van der Waals surface area contributed by atoms with Crippen molar-refractivity contribution in [2.75, 3.05) is 20.2 Å². The van der Waals surface area contributed by atoms with Gasteiger partial charge in [-0.1, -0.05) is 6.42 Å². The molecule has 0 radical (unpaired) electrons. The number of piperidine rings is 1. The van der Waals surface area contributed by atoms with Crippen LogP contribution in [-0.2, 0) is 0 Å². The Morgan fingerprint density at radius 1 is 1.47 bits per heavy atom. The van der Waals surface area contributed by atoms with Crippen LogP contribution in [0, 0.1) is 25.2 Å². The van der Waals surface area contributed by atoms with Gasteiger partial charge in [-0.3, -0.25) is 4.98 Å². The van der Waals surface area contributed by atoms with Crippen LogP contribution in [0.3, 0.4) is 0 Å². The standard InChI is InChI=1S/C15H21N3O/c1-11-8-15(14(9-16)12(2)17-11)19-10-13-6-4-5-7-18(13)3/h8,13H,4-7,10H2,1-3H3. The molecule has 2 rings (SSSR count). The molecule has 0 bridgehead atoms. The highest BCUT2D eigenvalue weighted by atomic mass is 16.5. The van der Waals surface area contributed by atoms with Crippen molar-refractivity contribution in [2.24, 2.45) is 0 Å². The summed E-state index contributed by atoms with van der Waals surface area (Å²) in [5.41, 5.74) is 2.20. The van der Waals surface area contributed by atoms with E-state index >= 15 is 0 Å². The highest BCUT2D eigenvalue weighted by molar-refractivity contribution is 5.46. The van der Waals surface area contributed by atoms with E-state index in [1.54, 1.807) is 0 Å². The van der Waals surface area contributed by atoms with Gasteiger partial charge in [0.25, 0.3) is 0 Å². The average molecular weight is 259 g/mol. The maximum Gasteiger partial charge on any atom is 0.140 e.